The first-order valence-electron chi connectivity index (χ1n) is 7.62. The smallest absolute Gasteiger partial charge is 0.237 e. The van der Waals surface area contributed by atoms with Crippen molar-refractivity contribution in [3.63, 3.8) is 0 Å². The highest BCUT2D eigenvalue weighted by molar-refractivity contribution is 5.84. The lowest BCUT2D eigenvalue weighted by molar-refractivity contribution is -0.123. The van der Waals surface area contributed by atoms with E-state index in [1.807, 2.05) is 0 Å². The van der Waals surface area contributed by atoms with Crippen LogP contribution in [0.3, 0.4) is 0 Å². The summed E-state index contributed by atoms with van der Waals surface area (Å²) < 4.78 is 0. The van der Waals surface area contributed by atoms with Gasteiger partial charge in [0.15, 0.2) is 0 Å². The van der Waals surface area contributed by atoms with Crippen LogP contribution in [0.15, 0.2) is 0 Å². The van der Waals surface area contributed by atoms with Gasteiger partial charge in [-0.25, -0.2) is 0 Å². The van der Waals surface area contributed by atoms with E-state index < -0.39 is 5.54 Å². The predicted molar refractivity (Wildman–Crippen MR) is 74.5 cm³/mol. The standard InChI is InChI=1S/C14H26N4O/c15-13(19)14(16)4-3-12(9-14)18-7-5-17(6-8-18)10-11-1-2-11/h11-12H,1-10,16H2,(H2,15,19). The van der Waals surface area contributed by atoms with E-state index in [4.69, 9.17) is 11.5 Å². The van der Waals surface area contributed by atoms with Gasteiger partial charge in [-0.3, -0.25) is 9.69 Å². The molecule has 0 bridgehead atoms. The summed E-state index contributed by atoms with van der Waals surface area (Å²) in [7, 11) is 0. The maximum Gasteiger partial charge on any atom is 0.237 e. The van der Waals surface area contributed by atoms with E-state index in [0.717, 1.165) is 38.3 Å². The van der Waals surface area contributed by atoms with Crippen LogP contribution in [0.5, 0.6) is 0 Å². The molecule has 2 atom stereocenters. The SMILES string of the molecule is NC(=O)C1(N)CCC(N2CCN(CC3CC3)CC2)C1. The summed E-state index contributed by atoms with van der Waals surface area (Å²) in [5, 5.41) is 0. The Morgan fingerprint density at radius 2 is 1.84 bits per heavy atom. The Morgan fingerprint density at radius 3 is 2.37 bits per heavy atom. The summed E-state index contributed by atoms with van der Waals surface area (Å²) in [4.78, 5) is 16.5. The van der Waals surface area contributed by atoms with Crippen molar-refractivity contribution in [2.24, 2.45) is 17.4 Å². The molecule has 2 unspecified atom stereocenters. The molecule has 1 saturated heterocycles. The van der Waals surface area contributed by atoms with Crippen molar-refractivity contribution in [3.8, 4) is 0 Å². The van der Waals surface area contributed by atoms with Crippen LogP contribution in [0.25, 0.3) is 0 Å². The van der Waals surface area contributed by atoms with Crippen LogP contribution in [0.2, 0.25) is 0 Å². The Kier molecular flexibility index (Phi) is 3.53. The Bertz CT molecular complexity index is 349. The average Bonchev–Trinajstić information content (AvgIpc) is 3.11. The zero-order valence-electron chi connectivity index (χ0n) is 11.7. The number of amides is 1. The summed E-state index contributed by atoms with van der Waals surface area (Å²) in [5.41, 5.74) is 10.8. The highest BCUT2D eigenvalue weighted by Crippen LogP contribution is 2.33. The average molecular weight is 266 g/mol. The molecule has 2 aliphatic carbocycles. The highest BCUT2D eigenvalue weighted by Gasteiger charge is 2.43. The second-order valence-corrected chi connectivity index (χ2v) is 6.70. The fourth-order valence-corrected chi connectivity index (χ4v) is 3.56. The summed E-state index contributed by atoms with van der Waals surface area (Å²) >= 11 is 0. The Labute approximate surface area is 115 Å². The number of rotatable bonds is 4. The van der Waals surface area contributed by atoms with Gasteiger partial charge in [0.1, 0.15) is 0 Å². The van der Waals surface area contributed by atoms with E-state index in [1.165, 1.54) is 32.5 Å². The van der Waals surface area contributed by atoms with E-state index in [1.54, 1.807) is 0 Å². The number of nitrogens with zero attached hydrogens (tertiary/aromatic N) is 2. The molecule has 0 spiro atoms. The van der Waals surface area contributed by atoms with Gasteiger partial charge in [0, 0.05) is 38.8 Å². The number of carbonyl (C=O) groups excluding carboxylic acids is 1. The molecule has 0 aromatic heterocycles. The number of nitrogens with two attached hydrogens (primary N) is 2. The van der Waals surface area contributed by atoms with Gasteiger partial charge in [0.05, 0.1) is 5.54 Å². The molecular formula is C14H26N4O. The zero-order valence-corrected chi connectivity index (χ0v) is 11.7. The van der Waals surface area contributed by atoms with Gasteiger partial charge in [0.25, 0.3) is 0 Å². The molecule has 4 N–H and O–H groups in total. The molecule has 1 heterocycles. The van der Waals surface area contributed by atoms with Crippen molar-refractivity contribution in [1.82, 2.24) is 9.80 Å². The van der Waals surface area contributed by atoms with Crippen molar-refractivity contribution in [3.05, 3.63) is 0 Å². The van der Waals surface area contributed by atoms with Gasteiger partial charge in [-0.2, -0.15) is 0 Å². The zero-order chi connectivity index (χ0) is 13.5. The second-order valence-electron chi connectivity index (χ2n) is 6.70. The van der Waals surface area contributed by atoms with Crippen molar-refractivity contribution in [2.75, 3.05) is 32.7 Å². The molecule has 108 valence electrons. The van der Waals surface area contributed by atoms with E-state index in [0.29, 0.717) is 6.04 Å². The van der Waals surface area contributed by atoms with Gasteiger partial charge < -0.3 is 16.4 Å². The molecular weight excluding hydrogens is 240 g/mol. The minimum atomic E-state index is -0.754. The number of primary amides is 1. The molecule has 1 amide bonds. The van der Waals surface area contributed by atoms with Gasteiger partial charge in [0.2, 0.25) is 5.91 Å². The number of hydrogen-bond donors (Lipinski definition) is 2. The predicted octanol–water partition coefficient (Wildman–Crippen LogP) is -0.251. The second kappa shape index (κ2) is 5.04. The number of carbonyl (C=O) groups is 1. The molecule has 19 heavy (non-hydrogen) atoms. The van der Waals surface area contributed by atoms with Crippen molar-refractivity contribution in [1.29, 1.82) is 0 Å². The van der Waals surface area contributed by atoms with E-state index >= 15 is 0 Å². The molecule has 3 aliphatic rings. The normalized spacial score (nSPS) is 37.6. The lowest BCUT2D eigenvalue weighted by Crippen LogP contribution is -2.53. The third-order valence-corrected chi connectivity index (χ3v) is 5.15. The van der Waals surface area contributed by atoms with Crippen LogP contribution < -0.4 is 11.5 Å². The third-order valence-electron chi connectivity index (χ3n) is 5.15. The summed E-state index contributed by atoms with van der Waals surface area (Å²) in [5.74, 6) is 0.645. The first-order chi connectivity index (χ1) is 9.07. The first-order valence-corrected chi connectivity index (χ1v) is 7.62. The van der Waals surface area contributed by atoms with Crippen LogP contribution in [-0.2, 0) is 4.79 Å². The minimum absolute atomic E-state index is 0.331. The quantitative estimate of drug-likeness (QED) is 0.736. The van der Waals surface area contributed by atoms with Crippen molar-refractivity contribution >= 4 is 5.91 Å². The Balaban J connectivity index is 1.47. The van der Waals surface area contributed by atoms with Crippen LogP contribution in [0, 0.1) is 5.92 Å². The molecule has 0 radical (unpaired) electrons. The molecule has 1 aliphatic heterocycles. The molecule has 0 aromatic rings. The molecule has 3 fully saturated rings. The maximum absolute atomic E-state index is 11.4. The Hall–Kier alpha value is -0.650. The fraction of sp³-hybridized carbons (Fsp3) is 0.929. The number of piperazine rings is 1. The van der Waals surface area contributed by atoms with Crippen molar-refractivity contribution < 1.29 is 4.79 Å². The van der Waals surface area contributed by atoms with Crippen molar-refractivity contribution in [2.45, 2.75) is 43.7 Å². The lowest BCUT2D eigenvalue weighted by Gasteiger charge is -2.38. The molecule has 0 aromatic carbocycles. The van der Waals surface area contributed by atoms with Crippen LogP contribution >= 0.6 is 0 Å². The fourth-order valence-electron chi connectivity index (χ4n) is 3.56. The van der Waals surface area contributed by atoms with E-state index in [-0.39, 0.29) is 5.91 Å². The van der Waals surface area contributed by atoms with Gasteiger partial charge >= 0.3 is 0 Å². The summed E-state index contributed by atoms with van der Waals surface area (Å²) in [6.07, 6.45) is 5.36. The molecule has 2 saturated carbocycles. The monoisotopic (exact) mass is 266 g/mol. The lowest BCUT2D eigenvalue weighted by atomic mass is 9.98. The van der Waals surface area contributed by atoms with Crippen LogP contribution in [-0.4, -0.2) is 60.0 Å². The van der Waals surface area contributed by atoms with Gasteiger partial charge in [-0.1, -0.05) is 0 Å². The minimum Gasteiger partial charge on any atom is -0.368 e. The van der Waals surface area contributed by atoms with Crippen LogP contribution in [0.4, 0.5) is 0 Å². The first kappa shape index (κ1) is 13.3. The van der Waals surface area contributed by atoms with Crippen LogP contribution in [0.1, 0.15) is 32.1 Å². The Morgan fingerprint density at radius 1 is 1.16 bits per heavy atom. The number of hydrogen-bond acceptors (Lipinski definition) is 4. The molecule has 3 rings (SSSR count). The largest absolute Gasteiger partial charge is 0.368 e. The van der Waals surface area contributed by atoms with E-state index in [9.17, 15) is 4.79 Å². The summed E-state index contributed by atoms with van der Waals surface area (Å²) in [6.45, 7) is 5.86. The maximum atomic E-state index is 11.4. The van der Waals surface area contributed by atoms with Gasteiger partial charge in [-0.15, -0.1) is 0 Å². The molecule has 5 nitrogen and oxygen atoms in total. The topological polar surface area (TPSA) is 75.6 Å². The van der Waals surface area contributed by atoms with Gasteiger partial charge in [-0.05, 0) is 38.0 Å². The molecule has 5 heteroatoms. The highest BCUT2D eigenvalue weighted by atomic mass is 16.1. The summed E-state index contributed by atoms with van der Waals surface area (Å²) in [6, 6.07) is 0.459. The third kappa shape index (κ3) is 2.93. The van der Waals surface area contributed by atoms with E-state index in [2.05, 4.69) is 9.80 Å².